The zero-order valence-corrected chi connectivity index (χ0v) is 22.7. The largest absolute Gasteiger partial charge is 0.464 e. The number of rotatable bonds is 9. The second-order valence-electron chi connectivity index (χ2n) is 10.0. The lowest BCUT2D eigenvalue weighted by atomic mass is 10.0. The van der Waals surface area contributed by atoms with E-state index >= 15 is 0 Å². The Morgan fingerprint density at radius 1 is 1.12 bits per heavy atom. The molecule has 1 N–H and O–H groups in total. The Kier molecular flexibility index (Phi) is 7.14. The standard InChI is InChI=1S/C29H29N5O7/c1-17-9-10-24(41-17)28(29(37)30-14-19-6-5-11-38-19)34(23-13-26-25(39-16-40-26)12-20(23)18(2)35)27(36)15-33-22-8-4-3-7-21(22)31-32-33/h3-4,7-10,12-13,19,28H,5-6,11,14-16H2,1-2H3,(H,30,37)/t19-,28-/m1/s1. The van der Waals surface area contributed by atoms with Crippen molar-refractivity contribution < 1.29 is 33.0 Å². The number of carbonyl (C=O) groups is 3. The van der Waals surface area contributed by atoms with Gasteiger partial charge >= 0.3 is 0 Å². The SMILES string of the molecule is CC(=O)c1cc2c(cc1N(C(=O)Cn1nnc3ccccc31)[C@@H](C(=O)NC[C@H]1CCCO1)c1ccc(C)o1)OCO2. The fraction of sp³-hybridized carbons (Fsp3) is 0.345. The normalized spacial score (nSPS) is 16.6. The molecule has 2 aromatic heterocycles. The number of Topliss-reactive ketones (excluding diaryl/α,β-unsaturated/α-hetero) is 1. The van der Waals surface area contributed by atoms with Gasteiger partial charge in [0.05, 0.1) is 17.3 Å². The molecule has 2 aliphatic heterocycles. The number of ketones is 1. The van der Waals surface area contributed by atoms with E-state index in [1.807, 2.05) is 12.1 Å². The highest BCUT2D eigenvalue weighted by molar-refractivity contribution is 6.08. The maximum atomic E-state index is 14.3. The number of fused-ring (bicyclic) bond motifs is 2. The summed E-state index contributed by atoms with van der Waals surface area (Å²) in [5, 5.41) is 11.2. The lowest BCUT2D eigenvalue weighted by Crippen LogP contribution is -2.47. The number of hydrogen-bond donors (Lipinski definition) is 1. The highest BCUT2D eigenvalue weighted by atomic mass is 16.7. The summed E-state index contributed by atoms with van der Waals surface area (Å²) in [6, 6.07) is 12.4. The molecule has 0 radical (unpaired) electrons. The number of ether oxygens (including phenoxy) is 3. The molecule has 41 heavy (non-hydrogen) atoms. The van der Waals surface area contributed by atoms with Gasteiger partial charge < -0.3 is 23.9 Å². The van der Waals surface area contributed by atoms with Crippen molar-refractivity contribution in [2.45, 2.75) is 45.4 Å². The van der Waals surface area contributed by atoms with Gasteiger partial charge in [-0.25, -0.2) is 4.68 Å². The topological polar surface area (TPSA) is 138 Å². The molecule has 1 fully saturated rings. The fourth-order valence-electron chi connectivity index (χ4n) is 5.16. The molecule has 0 bridgehead atoms. The maximum absolute atomic E-state index is 14.3. The van der Waals surface area contributed by atoms with Crippen LogP contribution in [-0.4, -0.2) is 58.6 Å². The third-order valence-electron chi connectivity index (χ3n) is 7.17. The minimum absolute atomic E-state index is 0.0301. The third-order valence-corrected chi connectivity index (χ3v) is 7.17. The number of amides is 2. The number of benzene rings is 2. The molecule has 2 aliphatic rings. The van der Waals surface area contributed by atoms with Crippen molar-refractivity contribution in [2.75, 3.05) is 24.8 Å². The quantitative estimate of drug-likeness (QED) is 0.306. The van der Waals surface area contributed by atoms with Gasteiger partial charge in [0.2, 0.25) is 12.7 Å². The maximum Gasteiger partial charge on any atom is 0.251 e. The van der Waals surface area contributed by atoms with E-state index in [0.29, 0.717) is 34.9 Å². The van der Waals surface area contributed by atoms with Crippen LogP contribution in [0.2, 0.25) is 0 Å². The van der Waals surface area contributed by atoms with Gasteiger partial charge in [-0.1, -0.05) is 17.3 Å². The Balaban J connectivity index is 1.46. The molecule has 0 unspecified atom stereocenters. The number of furan rings is 1. The van der Waals surface area contributed by atoms with Crippen molar-refractivity contribution in [1.29, 1.82) is 0 Å². The summed E-state index contributed by atoms with van der Waals surface area (Å²) in [5.41, 5.74) is 1.63. The number of carbonyl (C=O) groups excluding carboxylic acids is 3. The first-order valence-corrected chi connectivity index (χ1v) is 13.4. The average Bonchev–Trinajstić information content (AvgIpc) is 3.78. The smallest absolute Gasteiger partial charge is 0.251 e. The number of hydrogen-bond acceptors (Lipinski definition) is 9. The van der Waals surface area contributed by atoms with Gasteiger partial charge in [0.25, 0.3) is 5.91 Å². The molecule has 0 spiro atoms. The van der Waals surface area contributed by atoms with Gasteiger partial charge in [-0.15, -0.1) is 5.10 Å². The summed E-state index contributed by atoms with van der Waals surface area (Å²) in [7, 11) is 0. The average molecular weight is 560 g/mol. The summed E-state index contributed by atoms with van der Waals surface area (Å²) < 4.78 is 24.2. The molecule has 0 aliphatic carbocycles. The molecule has 2 amide bonds. The molecule has 212 valence electrons. The van der Waals surface area contributed by atoms with Gasteiger partial charge in [0, 0.05) is 24.8 Å². The lowest BCUT2D eigenvalue weighted by Gasteiger charge is -2.31. The third kappa shape index (κ3) is 5.25. The van der Waals surface area contributed by atoms with E-state index in [4.69, 9.17) is 18.6 Å². The zero-order chi connectivity index (χ0) is 28.5. The Morgan fingerprint density at radius 3 is 2.66 bits per heavy atom. The van der Waals surface area contributed by atoms with Crippen LogP contribution in [0.25, 0.3) is 11.0 Å². The molecular weight excluding hydrogens is 530 g/mol. The number of anilines is 1. The van der Waals surface area contributed by atoms with Crippen LogP contribution in [0.15, 0.2) is 52.9 Å². The number of nitrogens with zero attached hydrogens (tertiary/aromatic N) is 4. The van der Waals surface area contributed by atoms with Crippen LogP contribution in [0, 0.1) is 6.92 Å². The van der Waals surface area contributed by atoms with Crippen molar-refractivity contribution in [2.24, 2.45) is 0 Å². The van der Waals surface area contributed by atoms with E-state index in [1.165, 1.54) is 22.6 Å². The summed E-state index contributed by atoms with van der Waals surface area (Å²) in [6.07, 6.45) is 1.61. The first-order chi connectivity index (χ1) is 19.9. The lowest BCUT2D eigenvalue weighted by molar-refractivity contribution is -0.127. The van der Waals surface area contributed by atoms with Crippen molar-refractivity contribution in [1.82, 2.24) is 20.3 Å². The molecule has 6 rings (SSSR count). The van der Waals surface area contributed by atoms with Gasteiger partial charge in [-0.2, -0.15) is 0 Å². The second kappa shape index (κ2) is 11.0. The second-order valence-corrected chi connectivity index (χ2v) is 10.0. The first-order valence-electron chi connectivity index (χ1n) is 13.4. The minimum Gasteiger partial charge on any atom is -0.464 e. The first kappa shape index (κ1) is 26.5. The Hall–Kier alpha value is -4.71. The molecular formula is C29H29N5O7. The van der Waals surface area contributed by atoms with Crippen LogP contribution >= 0.6 is 0 Å². The molecule has 2 atom stereocenters. The van der Waals surface area contributed by atoms with Gasteiger partial charge in [-0.05, 0) is 57.0 Å². The van der Waals surface area contributed by atoms with E-state index in [1.54, 1.807) is 37.3 Å². The van der Waals surface area contributed by atoms with E-state index in [2.05, 4.69) is 15.6 Å². The molecule has 0 saturated carbocycles. The Bertz CT molecular complexity index is 1620. The van der Waals surface area contributed by atoms with Crippen molar-refractivity contribution in [3.63, 3.8) is 0 Å². The molecule has 4 heterocycles. The summed E-state index contributed by atoms with van der Waals surface area (Å²) in [4.78, 5) is 42.5. The summed E-state index contributed by atoms with van der Waals surface area (Å²) in [5.74, 6) is 0.189. The zero-order valence-electron chi connectivity index (χ0n) is 22.7. The van der Waals surface area contributed by atoms with Gasteiger partial charge in [0.1, 0.15) is 23.6 Å². The highest BCUT2D eigenvalue weighted by Crippen LogP contribution is 2.41. The number of para-hydroxylation sites is 1. The number of aryl methyl sites for hydroxylation is 1. The number of nitrogens with one attached hydrogen (secondary N) is 1. The molecule has 2 aromatic carbocycles. The van der Waals surface area contributed by atoms with Crippen LogP contribution in [0.4, 0.5) is 5.69 Å². The van der Waals surface area contributed by atoms with Crippen LogP contribution in [0.5, 0.6) is 11.5 Å². The number of aromatic nitrogens is 3. The van der Waals surface area contributed by atoms with Crippen LogP contribution < -0.4 is 19.7 Å². The van der Waals surface area contributed by atoms with E-state index in [9.17, 15) is 14.4 Å². The molecule has 4 aromatic rings. The Labute approximate surface area is 235 Å². The van der Waals surface area contributed by atoms with Crippen molar-refractivity contribution in [3.05, 3.63) is 65.6 Å². The van der Waals surface area contributed by atoms with E-state index in [-0.39, 0.29) is 48.8 Å². The van der Waals surface area contributed by atoms with E-state index in [0.717, 1.165) is 12.8 Å². The predicted octanol–water partition coefficient (Wildman–Crippen LogP) is 3.33. The van der Waals surface area contributed by atoms with Gasteiger partial charge in [-0.3, -0.25) is 19.3 Å². The highest BCUT2D eigenvalue weighted by Gasteiger charge is 2.38. The van der Waals surface area contributed by atoms with Gasteiger partial charge in [0.15, 0.2) is 23.3 Å². The molecule has 12 nitrogen and oxygen atoms in total. The predicted molar refractivity (Wildman–Crippen MR) is 146 cm³/mol. The summed E-state index contributed by atoms with van der Waals surface area (Å²) >= 11 is 0. The van der Waals surface area contributed by atoms with E-state index < -0.39 is 17.9 Å². The minimum atomic E-state index is -1.26. The van der Waals surface area contributed by atoms with Crippen molar-refractivity contribution >= 4 is 34.3 Å². The van der Waals surface area contributed by atoms with Crippen LogP contribution in [0.3, 0.4) is 0 Å². The Morgan fingerprint density at radius 2 is 1.93 bits per heavy atom. The fourth-order valence-corrected chi connectivity index (χ4v) is 5.16. The van der Waals surface area contributed by atoms with Crippen LogP contribution in [0.1, 0.15) is 47.7 Å². The monoisotopic (exact) mass is 559 g/mol. The van der Waals surface area contributed by atoms with Crippen LogP contribution in [-0.2, 0) is 20.9 Å². The molecule has 12 heteroatoms. The van der Waals surface area contributed by atoms with Crippen molar-refractivity contribution in [3.8, 4) is 11.5 Å². The summed E-state index contributed by atoms with van der Waals surface area (Å²) in [6.45, 7) is 3.75. The molecule has 1 saturated heterocycles.